The summed E-state index contributed by atoms with van der Waals surface area (Å²) in [6.07, 6.45) is 0.622. The van der Waals surface area contributed by atoms with E-state index < -0.39 is 5.97 Å². The van der Waals surface area contributed by atoms with Gasteiger partial charge >= 0.3 is 12.0 Å². The molecule has 1 saturated heterocycles. The second-order valence-corrected chi connectivity index (χ2v) is 5.83. The molecule has 2 unspecified atom stereocenters. The highest BCUT2D eigenvalue weighted by Gasteiger charge is 2.23. The molecule has 0 aliphatic carbocycles. The van der Waals surface area contributed by atoms with Crippen molar-refractivity contribution in [2.24, 2.45) is 0 Å². The Balaban J connectivity index is 2.43. The molecule has 0 aromatic rings. The van der Waals surface area contributed by atoms with E-state index in [0.717, 1.165) is 18.8 Å². The number of amides is 2. The van der Waals surface area contributed by atoms with Crippen LogP contribution in [0.4, 0.5) is 4.79 Å². The first-order valence-corrected chi connectivity index (χ1v) is 6.96. The number of aliphatic carboxylic acids is 1. The van der Waals surface area contributed by atoms with Gasteiger partial charge in [0.1, 0.15) is 0 Å². The first kappa shape index (κ1) is 14.2. The minimum atomic E-state index is -0.875. The number of carbonyl (C=O) groups excluding carboxylic acids is 1. The Hall–Kier alpha value is -0.910. The molecule has 0 aromatic carbocycles. The van der Waals surface area contributed by atoms with Crippen LogP contribution in [0.5, 0.6) is 0 Å². The van der Waals surface area contributed by atoms with Crippen molar-refractivity contribution in [2.75, 3.05) is 18.8 Å². The number of thioether (sulfide) groups is 1. The van der Waals surface area contributed by atoms with E-state index in [1.807, 2.05) is 18.7 Å². The maximum absolute atomic E-state index is 11.9. The topological polar surface area (TPSA) is 69.6 Å². The smallest absolute Gasteiger partial charge is 0.317 e. The Morgan fingerprint density at radius 2 is 2.29 bits per heavy atom. The van der Waals surface area contributed by atoms with E-state index in [9.17, 15) is 9.59 Å². The largest absolute Gasteiger partial charge is 0.481 e. The van der Waals surface area contributed by atoms with Crippen molar-refractivity contribution in [2.45, 2.75) is 38.0 Å². The maximum atomic E-state index is 11.9. The summed E-state index contributed by atoms with van der Waals surface area (Å²) in [5.41, 5.74) is 0. The molecule has 0 aromatic heterocycles. The third-order valence-electron chi connectivity index (χ3n) is 2.77. The summed E-state index contributed by atoms with van der Waals surface area (Å²) in [7, 11) is 0. The zero-order valence-corrected chi connectivity index (χ0v) is 11.1. The Morgan fingerprint density at radius 1 is 1.59 bits per heavy atom. The number of carboxylic acid groups (broad SMARTS) is 1. The lowest BCUT2D eigenvalue weighted by Crippen LogP contribution is -2.49. The van der Waals surface area contributed by atoms with Gasteiger partial charge in [-0.3, -0.25) is 4.79 Å². The van der Waals surface area contributed by atoms with Crippen LogP contribution in [-0.4, -0.2) is 52.1 Å². The molecule has 1 aliphatic rings. The van der Waals surface area contributed by atoms with Crippen molar-refractivity contribution >= 4 is 23.8 Å². The predicted octanol–water partition coefficient (Wildman–Crippen LogP) is 1.39. The molecular formula is C11H20N2O3S. The van der Waals surface area contributed by atoms with Gasteiger partial charge in [0.2, 0.25) is 0 Å². The van der Waals surface area contributed by atoms with Crippen LogP contribution in [0.2, 0.25) is 0 Å². The summed E-state index contributed by atoms with van der Waals surface area (Å²) in [6.45, 7) is 5.45. The molecule has 98 valence electrons. The molecule has 1 aliphatic heterocycles. The highest BCUT2D eigenvalue weighted by atomic mass is 32.2. The summed E-state index contributed by atoms with van der Waals surface area (Å²) in [5.74, 6) is 0.0735. The van der Waals surface area contributed by atoms with Gasteiger partial charge in [-0.2, -0.15) is 11.8 Å². The molecule has 1 rings (SSSR count). The molecule has 0 radical (unpaired) electrons. The predicted molar refractivity (Wildman–Crippen MR) is 68.4 cm³/mol. The van der Waals surface area contributed by atoms with E-state index in [4.69, 9.17) is 5.11 Å². The number of urea groups is 1. The average molecular weight is 260 g/mol. The van der Waals surface area contributed by atoms with E-state index in [-0.39, 0.29) is 18.5 Å². The third kappa shape index (κ3) is 4.85. The molecule has 1 heterocycles. The van der Waals surface area contributed by atoms with E-state index in [1.165, 1.54) is 0 Å². The lowest BCUT2D eigenvalue weighted by molar-refractivity contribution is -0.137. The average Bonchev–Trinajstić information content (AvgIpc) is 2.27. The summed E-state index contributed by atoms with van der Waals surface area (Å²) >= 11 is 1.86. The number of rotatable bonds is 4. The van der Waals surface area contributed by atoms with E-state index >= 15 is 0 Å². The van der Waals surface area contributed by atoms with Crippen molar-refractivity contribution in [3.8, 4) is 0 Å². The molecule has 2 amide bonds. The van der Waals surface area contributed by atoms with Gasteiger partial charge in [-0.15, -0.1) is 0 Å². The van der Waals surface area contributed by atoms with Crippen LogP contribution >= 0.6 is 11.8 Å². The lowest BCUT2D eigenvalue weighted by atomic mass is 10.1. The van der Waals surface area contributed by atoms with Crippen LogP contribution in [0.1, 0.15) is 26.7 Å². The number of nitrogens with one attached hydrogen (secondary N) is 1. The van der Waals surface area contributed by atoms with Crippen LogP contribution in [0, 0.1) is 0 Å². The standard InChI is InChI=1S/C11H20N2O3S/c1-3-9(6-10(14)15)12-11(16)13-4-5-17-8(2)7-13/h8-9H,3-7H2,1-2H3,(H,12,16)(H,14,15). The molecule has 5 nitrogen and oxygen atoms in total. The van der Waals surface area contributed by atoms with Crippen LogP contribution in [0.15, 0.2) is 0 Å². The highest BCUT2D eigenvalue weighted by Crippen LogP contribution is 2.17. The van der Waals surface area contributed by atoms with Gasteiger partial charge in [-0.05, 0) is 6.42 Å². The fraction of sp³-hybridized carbons (Fsp3) is 0.818. The van der Waals surface area contributed by atoms with Gasteiger partial charge in [0.25, 0.3) is 0 Å². The van der Waals surface area contributed by atoms with Gasteiger partial charge in [0.15, 0.2) is 0 Å². The minimum absolute atomic E-state index is 0.0135. The zero-order valence-electron chi connectivity index (χ0n) is 10.3. The molecule has 0 bridgehead atoms. The molecule has 17 heavy (non-hydrogen) atoms. The van der Waals surface area contributed by atoms with Crippen molar-refractivity contribution in [1.82, 2.24) is 10.2 Å². The quantitative estimate of drug-likeness (QED) is 0.801. The molecule has 0 spiro atoms. The Labute approximate surface area is 106 Å². The van der Waals surface area contributed by atoms with Crippen LogP contribution in [-0.2, 0) is 4.79 Å². The maximum Gasteiger partial charge on any atom is 0.317 e. The summed E-state index contributed by atoms with van der Waals surface area (Å²) < 4.78 is 0. The number of carbonyl (C=O) groups is 2. The second kappa shape index (κ2) is 6.74. The monoisotopic (exact) mass is 260 g/mol. The van der Waals surface area contributed by atoms with Crippen LogP contribution in [0.25, 0.3) is 0 Å². The zero-order chi connectivity index (χ0) is 12.8. The summed E-state index contributed by atoms with van der Waals surface area (Å²) in [5, 5.41) is 12.0. The van der Waals surface area contributed by atoms with Crippen LogP contribution < -0.4 is 5.32 Å². The van der Waals surface area contributed by atoms with Crippen molar-refractivity contribution in [3.63, 3.8) is 0 Å². The molecule has 2 atom stereocenters. The van der Waals surface area contributed by atoms with Gasteiger partial charge in [0.05, 0.1) is 6.42 Å². The van der Waals surface area contributed by atoms with Gasteiger partial charge < -0.3 is 15.3 Å². The van der Waals surface area contributed by atoms with Crippen molar-refractivity contribution in [1.29, 1.82) is 0 Å². The van der Waals surface area contributed by atoms with Crippen molar-refractivity contribution < 1.29 is 14.7 Å². The first-order valence-electron chi connectivity index (χ1n) is 5.91. The number of hydrogen-bond acceptors (Lipinski definition) is 3. The first-order chi connectivity index (χ1) is 8.02. The molecule has 1 fully saturated rings. The number of carboxylic acids is 1. The third-order valence-corrected chi connectivity index (χ3v) is 3.91. The number of hydrogen-bond donors (Lipinski definition) is 2. The molecule has 0 saturated carbocycles. The molecular weight excluding hydrogens is 240 g/mol. The van der Waals surface area contributed by atoms with Crippen LogP contribution in [0.3, 0.4) is 0 Å². The molecule has 6 heteroatoms. The summed E-state index contributed by atoms with van der Waals surface area (Å²) in [6, 6.07) is -0.407. The van der Waals surface area contributed by atoms with Gasteiger partial charge in [0, 0.05) is 30.1 Å². The van der Waals surface area contributed by atoms with E-state index in [2.05, 4.69) is 12.2 Å². The SMILES string of the molecule is CCC(CC(=O)O)NC(=O)N1CCSC(C)C1. The van der Waals surface area contributed by atoms with E-state index in [0.29, 0.717) is 11.7 Å². The Kier molecular flexibility index (Phi) is 5.61. The second-order valence-electron chi connectivity index (χ2n) is 4.28. The van der Waals surface area contributed by atoms with Gasteiger partial charge in [-0.25, -0.2) is 4.79 Å². The van der Waals surface area contributed by atoms with Crippen molar-refractivity contribution in [3.05, 3.63) is 0 Å². The lowest BCUT2D eigenvalue weighted by Gasteiger charge is -2.31. The van der Waals surface area contributed by atoms with Gasteiger partial charge in [-0.1, -0.05) is 13.8 Å². The highest BCUT2D eigenvalue weighted by molar-refractivity contribution is 7.99. The normalized spacial score (nSPS) is 22.0. The number of nitrogens with zero attached hydrogens (tertiary/aromatic N) is 1. The fourth-order valence-electron chi connectivity index (χ4n) is 1.78. The minimum Gasteiger partial charge on any atom is -0.481 e. The van der Waals surface area contributed by atoms with E-state index in [1.54, 1.807) is 4.90 Å². The Bertz CT molecular complexity index is 286. The fourth-order valence-corrected chi connectivity index (χ4v) is 2.79. The molecule has 2 N–H and O–H groups in total. The Morgan fingerprint density at radius 3 is 2.82 bits per heavy atom. The summed E-state index contributed by atoms with van der Waals surface area (Å²) in [4.78, 5) is 24.3.